The molecule has 0 aromatic heterocycles. The van der Waals surface area contributed by atoms with Crippen molar-refractivity contribution in [2.75, 3.05) is 12.6 Å². The van der Waals surface area contributed by atoms with Crippen molar-refractivity contribution in [3.8, 4) is 5.75 Å². The van der Waals surface area contributed by atoms with Crippen molar-refractivity contribution in [3.63, 3.8) is 0 Å². The van der Waals surface area contributed by atoms with Crippen molar-refractivity contribution in [2.24, 2.45) is 10.2 Å². The first-order valence-electron chi connectivity index (χ1n) is 9.38. The fourth-order valence-corrected chi connectivity index (χ4v) is 2.58. The number of hydrogen-bond acceptors (Lipinski definition) is 10. The Morgan fingerprint density at radius 1 is 0.853 bits per heavy atom. The van der Waals surface area contributed by atoms with Gasteiger partial charge in [0.25, 0.3) is 17.3 Å². The molecular weight excluding hydrogens is 450 g/mol. The summed E-state index contributed by atoms with van der Waals surface area (Å²) in [6, 6.07) is 14.7. The van der Waals surface area contributed by atoms with E-state index in [1.165, 1.54) is 31.4 Å². The lowest BCUT2D eigenvalue weighted by atomic mass is 10.2. The molecule has 0 bridgehead atoms. The Morgan fingerprint density at radius 3 is 1.97 bits per heavy atom. The van der Waals surface area contributed by atoms with Crippen LogP contribution in [-0.4, -0.2) is 28.8 Å². The lowest BCUT2D eigenvalue weighted by Gasteiger charge is -2.07. The van der Waals surface area contributed by atoms with Crippen LogP contribution in [0.25, 0.3) is 0 Å². The van der Waals surface area contributed by atoms with Crippen LogP contribution < -0.4 is 10.2 Å². The van der Waals surface area contributed by atoms with Gasteiger partial charge < -0.3 is 9.57 Å². The normalized spacial score (nSPS) is 10.5. The Labute approximate surface area is 190 Å². The number of methoxy groups -OCH3 is 1. The molecule has 1 N–H and O–H groups in total. The van der Waals surface area contributed by atoms with Crippen molar-refractivity contribution in [1.82, 2.24) is 0 Å². The molecule has 0 unspecified atom stereocenters. The van der Waals surface area contributed by atoms with Gasteiger partial charge >= 0.3 is 5.97 Å². The summed E-state index contributed by atoms with van der Waals surface area (Å²) in [5, 5.41) is 29.4. The minimum Gasteiger partial charge on any atom is -0.497 e. The third kappa shape index (κ3) is 5.94. The first kappa shape index (κ1) is 23.5. The maximum absolute atomic E-state index is 12.2. The zero-order valence-electron chi connectivity index (χ0n) is 17.4. The predicted molar refractivity (Wildman–Crippen MR) is 117 cm³/mol. The zero-order valence-corrected chi connectivity index (χ0v) is 17.4. The molecule has 0 heterocycles. The van der Waals surface area contributed by atoms with Crippen molar-refractivity contribution in [2.45, 2.75) is 0 Å². The molecule has 3 aromatic carbocycles. The highest BCUT2D eigenvalue weighted by Gasteiger charge is 2.21. The molecular formula is C21H15N5O8. The number of nitro groups is 2. The molecule has 13 heteroatoms. The van der Waals surface area contributed by atoms with Gasteiger partial charge in [-0.2, -0.15) is 0 Å². The summed E-state index contributed by atoms with van der Waals surface area (Å²) in [5.74, 6) is -1.02. The van der Waals surface area contributed by atoms with E-state index in [1.54, 1.807) is 24.3 Å². The summed E-state index contributed by atoms with van der Waals surface area (Å²) >= 11 is 0. The number of rotatable bonds is 8. The molecule has 0 aliphatic heterocycles. The molecule has 0 radical (unpaired) electrons. The number of non-ortho nitro benzene ring substituents is 2. The number of amides is 1. The number of ether oxygens (including phenoxy) is 1. The Hall–Kier alpha value is -5.20. The number of hydrogen-bond donors (Lipinski definition) is 1. The molecule has 34 heavy (non-hydrogen) atoms. The van der Waals surface area contributed by atoms with Gasteiger partial charge in [0.2, 0.25) is 0 Å². The summed E-state index contributed by atoms with van der Waals surface area (Å²) < 4.78 is 5.02. The number of carbonyl (C=O) groups excluding carboxylic acids is 2. The number of anilines is 1. The molecule has 13 nitrogen and oxygen atoms in total. The number of azo groups is 1. The summed E-state index contributed by atoms with van der Waals surface area (Å²) in [5.41, 5.74) is 1.67. The highest BCUT2D eigenvalue weighted by atomic mass is 16.7. The Balaban J connectivity index is 1.62. The SMILES string of the molecule is COc1ccc(C(=O)N=Nc2ccc(NOC(=O)c3cc([N+](=O)[O-])cc([N+](=O)[O-])c3)cc2)cc1. The summed E-state index contributed by atoms with van der Waals surface area (Å²) in [6.45, 7) is 0. The van der Waals surface area contributed by atoms with Gasteiger partial charge in [0.1, 0.15) is 5.75 Å². The lowest BCUT2D eigenvalue weighted by Crippen LogP contribution is -2.11. The van der Waals surface area contributed by atoms with Gasteiger partial charge in [-0.05, 0) is 48.5 Å². The second kappa shape index (κ2) is 10.4. The maximum Gasteiger partial charge on any atom is 0.363 e. The van der Waals surface area contributed by atoms with Crippen LogP contribution in [0.3, 0.4) is 0 Å². The predicted octanol–water partition coefficient (Wildman–Crippen LogP) is 4.62. The molecule has 172 valence electrons. The molecule has 0 saturated carbocycles. The third-order valence-electron chi connectivity index (χ3n) is 4.28. The van der Waals surface area contributed by atoms with Crippen LogP contribution in [0, 0.1) is 20.2 Å². The molecule has 0 atom stereocenters. The van der Waals surface area contributed by atoms with Crippen LogP contribution in [0.1, 0.15) is 20.7 Å². The monoisotopic (exact) mass is 465 g/mol. The number of nitro benzene ring substituents is 2. The quantitative estimate of drug-likeness (QED) is 0.282. The minimum atomic E-state index is -1.07. The van der Waals surface area contributed by atoms with Crippen LogP contribution in [0.2, 0.25) is 0 Å². The topological polar surface area (TPSA) is 176 Å². The van der Waals surface area contributed by atoms with Gasteiger partial charge in [-0.3, -0.25) is 25.0 Å². The van der Waals surface area contributed by atoms with Gasteiger partial charge in [-0.15, -0.1) is 10.2 Å². The second-order valence-corrected chi connectivity index (χ2v) is 6.52. The Bertz CT molecular complexity index is 1240. The van der Waals surface area contributed by atoms with E-state index in [1.807, 2.05) is 0 Å². The number of nitrogens with one attached hydrogen (secondary N) is 1. The fourth-order valence-electron chi connectivity index (χ4n) is 2.58. The molecule has 1 amide bonds. The highest BCUT2D eigenvalue weighted by Crippen LogP contribution is 2.24. The number of nitrogens with zero attached hydrogens (tertiary/aromatic N) is 4. The first-order valence-corrected chi connectivity index (χ1v) is 9.38. The minimum absolute atomic E-state index is 0.300. The largest absolute Gasteiger partial charge is 0.497 e. The van der Waals surface area contributed by atoms with E-state index < -0.39 is 33.1 Å². The van der Waals surface area contributed by atoms with Crippen molar-refractivity contribution < 1.29 is 29.0 Å². The molecule has 0 saturated heterocycles. The van der Waals surface area contributed by atoms with E-state index in [2.05, 4.69) is 15.7 Å². The van der Waals surface area contributed by atoms with E-state index in [9.17, 15) is 29.8 Å². The fraction of sp³-hybridized carbons (Fsp3) is 0.0476. The molecule has 3 aromatic rings. The van der Waals surface area contributed by atoms with Crippen molar-refractivity contribution in [3.05, 3.63) is 98.1 Å². The van der Waals surface area contributed by atoms with Crippen LogP contribution in [0.15, 0.2) is 77.0 Å². The van der Waals surface area contributed by atoms with Crippen LogP contribution in [0.4, 0.5) is 22.7 Å². The van der Waals surface area contributed by atoms with E-state index in [0.717, 1.165) is 18.2 Å². The molecule has 3 rings (SSSR count). The van der Waals surface area contributed by atoms with Crippen LogP contribution in [0.5, 0.6) is 5.75 Å². The molecule has 0 aliphatic rings. The van der Waals surface area contributed by atoms with Gasteiger partial charge in [0.05, 0.1) is 40.0 Å². The maximum atomic E-state index is 12.2. The summed E-state index contributed by atoms with van der Waals surface area (Å²) in [4.78, 5) is 49.3. The van der Waals surface area contributed by atoms with E-state index in [4.69, 9.17) is 9.57 Å². The second-order valence-electron chi connectivity index (χ2n) is 6.52. The Morgan fingerprint density at radius 2 is 1.44 bits per heavy atom. The summed E-state index contributed by atoms with van der Waals surface area (Å²) in [6.07, 6.45) is 0. The van der Waals surface area contributed by atoms with Gasteiger partial charge in [-0.1, -0.05) is 0 Å². The lowest BCUT2D eigenvalue weighted by molar-refractivity contribution is -0.394. The van der Waals surface area contributed by atoms with E-state index in [0.29, 0.717) is 22.7 Å². The van der Waals surface area contributed by atoms with Gasteiger partial charge in [0, 0.05) is 17.7 Å². The zero-order chi connectivity index (χ0) is 24.7. The summed E-state index contributed by atoms with van der Waals surface area (Å²) in [7, 11) is 1.51. The first-order chi connectivity index (χ1) is 16.3. The van der Waals surface area contributed by atoms with Crippen molar-refractivity contribution >= 4 is 34.6 Å². The van der Waals surface area contributed by atoms with Crippen LogP contribution >= 0.6 is 0 Å². The average molecular weight is 465 g/mol. The number of benzene rings is 3. The van der Waals surface area contributed by atoms with Gasteiger partial charge in [0.15, 0.2) is 0 Å². The van der Waals surface area contributed by atoms with Crippen molar-refractivity contribution in [1.29, 1.82) is 0 Å². The molecule has 0 aliphatic carbocycles. The Kier molecular flexibility index (Phi) is 7.18. The number of carbonyl (C=O) groups is 2. The average Bonchev–Trinajstić information content (AvgIpc) is 2.86. The van der Waals surface area contributed by atoms with Gasteiger partial charge in [-0.25, -0.2) is 10.3 Å². The smallest absolute Gasteiger partial charge is 0.363 e. The standard InChI is InChI=1S/C21H15N5O8/c1-33-19-8-2-13(3-9-19)20(27)23-22-15-4-6-16(7-5-15)24-34-21(28)14-10-17(25(29)30)12-18(11-14)26(31)32/h2-12,24H,1H3. The highest BCUT2D eigenvalue weighted by molar-refractivity contribution is 5.94. The molecule has 0 spiro atoms. The van der Waals surface area contributed by atoms with E-state index >= 15 is 0 Å². The third-order valence-corrected chi connectivity index (χ3v) is 4.28. The van der Waals surface area contributed by atoms with E-state index in [-0.39, 0.29) is 5.56 Å². The van der Waals surface area contributed by atoms with Crippen LogP contribution in [-0.2, 0) is 4.84 Å². The molecule has 0 fully saturated rings.